The first-order valence-electron chi connectivity index (χ1n) is 5.43. The summed E-state index contributed by atoms with van der Waals surface area (Å²) in [5.41, 5.74) is 1.64. The fraction of sp³-hybridized carbons (Fsp3) is 0.0769. The quantitative estimate of drug-likeness (QED) is 0.663. The molecular formula is C13H11N3O. The van der Waals surface area contributed by atoms with Crippen molar-refractivity contribution < 1.29 is 0 Å². The van der Waals surface area contributed by atoms with E-state index >= 15 is 0 Å². The standard InChI is InChI=1S/C13H11N3O/c17-13-15-9-5-4-8-12(15)14-16(13)10-11-6-2-1-3-7-11/h1-9H,10H2. The van der Waals surface area contributed by atoms with Crippen LogP contribution in [0.2, 0.25) is 0 Å². The van der Waals surface area contributed by atoms with Crippen molar-refractivity contribution in [2.24, 2.45) is 0 Å². The van der Waals surface area contributed by atoms with Crippen LogP contribution < -0.4 is 5.69 Å². The average molecular weight is 225 g/mol. The molecule has 4 heteroatoms. The SMILES string of the molecule is O=c1n(Cc2ccccc2)nc2ccccn12. The number of aromatic nitrogens is 3. The minimum atomic E-state index is -0.107. The molecule has 84 valence electrons. The van der Waals surface area contributed by atoms with Crippen LogP contribution in [0.4, 0.5) is 0 Å². The Balaban J connectivity index is 2.07. The van der Waals surface area contributed by atoms with Gasteiger partial charge < -0.3 is 0 Å². The van der Waals surface area contributed by atoms with Gasteiger partial charge in [-0.3, -0.25) is 4.40 Å². The molecule has 0 fully saturated rings. The van der Waals surface area contributed by atoms with Gasteiger partial charge >= 0.3 is 5.69 Å². The van der Waals surface area contributed by atoms with E-state index in [1.165, 1.54) is 4.68 Å². The highest BCUT2D eigenvalue weighted by molar-refractivity contribution is 5.35. The molecule has 0 bridgehead atoms. The molecule has 1 aromatic carbocycles. The van der Waals surface area contributed by atoms with Crippen molar-refractivity contribution in [2.75, 3.05) is 0 Å². The maximum atomic E-state index is 12.0. The van der Waals surface area contributed by atoms with E-state index in [0.29, 0.717) is 12.2 Å². The monoisotopic (exact) mass is 225 g/mol. The highest BCUT2D eigenvalue weighted by Gasteiger charge is 2.05. The lowest BCUT2D eigenvalue weighted by atomic mass is 10.2. The molecule has 0 saturated heterocycles. The van der Waals surface area contributed by atoms with Crippen molar-refractivity contribution >= 4 is 5.65 Å². The molecule has 0 N–H and O–H groups in total. The molecule has 0 unspecified atom stereocenters. The largest absolute Gasteiger partial charge is 0.350 e. The van der Waals surface area contributed by atoms with Gasteiger partial charge in [0.25, 0.3) is 0 Å². The van der Waals surface area contributed by atoms with Gasteiger partial charge in [0.2, 0.25) is 0 Å². The molecule has 2 heterocycles. The first-order valence-corrected chi connectivity index (χ1v) is 5.43. The van der Waals surface area contributed by atoms with Crippen LogP contribution in [-0.4, -0.2) is 14.2 Å². The average Bonchev–Trinajstić information content (AvgIpc) is 2.68. The van der Waals surface area contributed by atoms with Gasteiger partial charge in [-0.05, 0) is 17.7 Å². The van der Waals surface area contributed by atoms with Crippen molar-refractivity contribution in [3.05, 3.63) is 70.8 Å². The smallest absolute Gasteiger partial charge is 0.250 e. The molecular weight excluding hydrogens is 214 g/mol. The van der Waals surface area contributed by atoms with Gasteiger partial charge in [-0.25, -0.2) is 9.48 Å². The third-order valence-corrected chi connectivity index (χ3v) is 2.66. The van der Waals surface area contributed by atoms with Crippen LogP contribution in [0.5, 0.6) is 0 Å². The molecule has 2 aromatic heterocycles. The second kappa shape index (κ2) is 3.90. The molecule has 0 spiro atoms. The predicted molar refractivity (Wildman–Crippen MR) is 65.0 cm³/mol. The highest BCUT2D eigenvalue weighted by atomic mass is 16.2. The lowest BCUT2D eigenvalue weighted by molar-refractivity contribution is 0.659. The van der Waals surface area contributed by atoms with Crippen molar-refractivity contribution in [3.8, 4) is 0 Å². The van der Waals surface area contributed by atoms with Gasteiger partial charge in [-0.1, -0.05) is 36.4 Å². The van der Waals surface area contributed by atoms with Crippen LogP contribution in [0.3, 0.4) is 0 Å². The summed E-state index contributed by atoms with van der Waals surface area (Å²) >= 11 is 0. The molecule has 0 saturated carbocycles. The van der Waals surface area contributed by atoms with Crippen molar-refractivity contribution in [3.63, 3.8) is 0 Å². The number of fused-ring (bicyclic) bond motifs is 1. The molecule has 0 aliphatic carbocycles. The predicted octanol–water partition coefficient (Wildman–Crippen LogP) is 1.54. The number of nitrogens with zero attached hydrogens (tertiary/aromatic N) is 3. The van der Waals surface area contributed by atoms with Crippen LogP contribution in [0.15, 0.2) is 59.5 Å². The number of pyridine rings is 1. The summed E-state index contributed by atoms with van der Waals surface area (Å²) in [7, 11) is 0. The normalized spacial score (nSPS) is 10.8. The van der Waals surface area contributed by atoms with E-state index in [1.54, 1.807) is 10.6 Å². The lowest BCUT2D eigenvalue weighted by Crippen LogP contribution is -2.21. The number of benzene rings is 1. The van der Waals surface area contributed by atoms with Crippen LogP contribution in [-0.2, 0) is 6.54 Å². The lowest BCUT2D eigenvalue weighted by Gasteiger charge is -1.98. The van der Waals surface area contributed by atoms with Crippen LogP contribution in [0.25, 0.3) is 5.65 Å². The van der Waals surface area contributed by atoms with Crippen molar-refractivity contribution in [1.29, 1.82) is 0 Å². The summed E-state index contributed by atoms with van der Waals surface area (Å²) in [4.78, 5) is 12.0. The van der Waals surface area contributed by atoms with Crippen molar-refractivity contribution in [1.82, 2.24) is 14.2 Å². The number of hydrogen-bond donors (Lipinski definition) is 0. The van der Waals surface area contributed by atoms with Crippen LogP contribution in [0, 0.1) is 0 Å². The van der Waals surface area contributed by atoms with Crippen molar-refractivity contribution in [2.45, 2.75) is 6.54 Å². The van der Waals surface area contributed by atoms with E-state index in [-0.39, 0.29) is 5.69 Å². The maximum absolute atomic E-state index is 12.0. The number of rotatable bonds is 2. The minimum Gasteiger partial charge on any atom is -0.250 e. The third-order valence-electron chi connectivity index (χ3n) is 2.66. The molecule has 0 amide bonds. The van der Waals surface area contributed by atoms with Crippen LogP contribution >= 0.6 is 0 Å². The van der Waals surface area contributed by atoms with E-state index < -0.39 is 0 Å². The zero-order valence-electron chi connectivity index (χ0n) is 9.15. The summed E-state index contributed by atoms with van der Waals surface area (Å²) in [6, 6.07) is 15.3. The first-order chi connectivity index (χ1) is 8.34. The van der Waals surface area contributed by atoms with E-state index in [0.717, 1.165) is 5.56 Å². The van der Waals surface area contributed by atoms with Gasteiger partial charge in [0.05, 0.1) is 6.54 Å². The Hall–Kier alpha value is -2.36. The number of hydrogen-bond acceptors (Lipinski definition) is 2. The Morgan fingerprint density at radius 3 is 2.53 bits per heavy atom. The molecule has 3 rings (SSSR count). The Labute approximate surface area is 97.8 Å². The maximum Gasteiger partial charge on any atom is 0.350 e. The van der Waals surface area contributed by atoms with Crippen LogP contribution in [0.1, 0.15) is 5.56 Å². The topological polar surface area (TPSA) is 39.3 Å². The van der Waals surface area contributed by atoms with E-state index in [4.69, 9.17) is 0 Å². The van der Waals surface area contributed by atoms with Gasteiger partial charge in [0.1, 0.15) is 0 Å². The first kappa shape index (κ1) is 9.84. The third kappa shape index (κ3) is 1.73. The molecule has 0 atom stereocenters. The Morgan fingerprint density at radius 1 is 1.00 bits per heavy atom. The summed E-state index contributed by atoms with van der Waals surface area (Å²) in [6.45, 7) is 0.501. The molecule has 17 heavy (non-hydrogen) atoms. The molecule has 4 nitrogen and oxygen atoms in total. The zero-order chi connectivity index (χ0) is 11.7. The Morgan fingerprint density at radius 2 is 1.76 bits per heavy atom. The molecule has 3 aromatic rings. The Bertz CT molecular complexity index is 697. The van der Waals surface area contributed by atoms with Gasteiger partial charge in [-0.15, -0.1) is 5.10 Å². The zero-order valence-corrected chi connectivity index (χ0v) is 9.15. The second-order valence-corrected chi connectivity index (χ2v) is 3.85. The van der Waals surface area contributed by atoms with Gasteiger partial charge in [0, 0.05) is 6.20 Å². The highest BCUT2D eigenvalue weighted by Crippen LogP contribution is 2.01. The van der Waals surface area contributed by atoms with E-state index in [2.05, 4.69) is 5.10 Å². The summed E-state index contributed by atoms with van der Waals surface area (Å²) in [5.74, 6) is 0. The fourth-order valence-electron chi connectivity index (χ4n) is 1.83. The van der Waals surface area contributed by atoms with E-state index in [9.17, 15) is 4.79 Å². The summed E-state index contributed by atoms with van der Waals surface area (Å²) in [5, 5.41) is 4.27. The van der Waals surface area contributed by atoms with E-state index in [1.807, 2.05) is 48.5 Å². The van der Waals surface area contributed by atoms with Gasteiger partial charge in [0.15, 0.2) is 5.65 Å². The summed E-state index contributed by atoms with van der Waals surface area (Å²) < 4.78 is 3.02. The second-order valence-electron chi connectivity index (χ2n) is 3.85. The molecule has 0 aliphatic heterocycles. The minimum absolute atomic E-state index is 0.107. The van der Waals surface area contributed by atoms with Gasteiger partial charge in [-0.2, -0.15) is 0 Å². The molecule has 0 radical (unpaired) electrons. The Kier molecular flexibility index (Phi) is 2.26. The fourth-order valence-corrected chi connectivity index (χ4v) is 1.83. The molecule has 0 aliphatic rings. The summed E-state index contributed by atoms with van der Waals surface area (Å²) in [6.07, 6.45) is 1.73.